The smallest absolute Gasteiger partial charge is 0.358 e. The standard InChI is InChI=1S/C23H27N3O3/c1-4-29-23(28)19-15-26-20(11-8-12-21(26)25-19)22(27)24-14-18(13-16(2)3)17-9-6-5-7-10-17/h5-12,15-16,18H,4,13-14H2,1-3H3,(H,24,27). The van der Waals surface area contributed by atoms with Gasteiger partial charge in [-0.2, -0.15) is 0 Å². The van der Waals surface area contributed by atoms with Crippen molar-refractivity contribution in [2.75, 3.05) is 13.2 Å². The maximum Gasteiger partial charge on any atom is 0.358 e. The normalized spacial score (nSPS) is 12.1. The van der Waals surface area contributed by atoms with E-state index in [0.29, 0.717) is 23.8 Å². The van der Waals surface area contributed by atoms with E-state index in [1.165, 1.54) is 5.56 Å². The van der Waals surface area contributed by atoms with E-state index in [1.54, 1.807) is 35.7 Å². The van der Waals surface area contributed by atoms with Gasteiger partial charge in [-0.1, -0.05) is 50.2 Å². The van der Waals surface area contributed by atoms with Crippen molar-refractivity contribution in [1.82, 2.24) is 14.7 Å². The molecule has 1 atom stereocenters. The predicted octanol–water partition coefficient (Wildman–Crippen LogP) is 4.07. The molecule has 0 aliphatic rings. The number of nitrogens with zero attached hydrogens (tertiary/aromatic N) is 2. The third kappa shape index (κ3) is 5.02. The quantitative estimate of drug-likeness (QED) is 0.586. The highest BCUT2D eigenvalue weighted by molar-refractivity contribution is 5.94. The molecule has 3 aromatic rings. The van der Waals surface area contributed by atoms with Gasteiger partial charge in [0.1, 0.15) is 11.3 Å². The highest BCUT2D eigenvalue weighted by Gasteiger charge is 2.18. The van der Waals surface area contributed by atoms with E-state index >= 15 is 0 Å². The number of hydrogen-bond acceptors (Lipinski definition) is 4. The van der Waals surface area contributed by atoms with Gasteiger partial charge in [0.2, 0.25) is 0 Å². The number of ether oxygens (including phenoxy) is 1. The molecular weight excluding hydrogens is 366 g/mol. The van der Waals surface area contributed by atoms with Crippen LogP contribution >= 0.6 is 0 Å². The number of carbonyl (C=O) groups is 2. The van der Waals surface area contributed by atoms with E-state index in [4.69, 9.17) is 4.74 Å². The van der Waals surface area contributed by atoms with E-state index in [-0.39, 0.29) is 24.1 Å². The van der Waals surface area contributed by atoms with Gasteiger partial charge < -0.3 is 10.1 Å². The number of hydrogen-bond donors (Lipinski definition) is 1. The van der Waals surface area contributed by atoms with Gasteiger partial charge in [0.15, 0.2) is 5.69 Å². The van der Waals surface area contributed by atoms with Crippen molar-refractivity contribution in [3.63, 3.8) is 0 Å². The lowest BCUT2D eigenvalue weighted by Gasteiger charge is -2.20. The van der Waals surface area contributed by atoms with Gasteiger partial charge in [-0.3, -0.25) is 9.20 Å². The van der Waals surface area contributed by atoms with Gasteiger partial charge in [0, 0.05) is 18.7 Å². The molecule has 0 aliphatic carbocycles. The molecule has 2 heterocycles. The molecule has 0 saturated heterocycles. The molecule has 6 nitrogen and oxygen atoms in total. The number of fused-ring (bicyclic) bond motifs is 1. The molecule has 29 heavy (non-hydrogen) atoms. The zero-order valence-corrected chi connectivity index (χ0v) is 17.1. The molecule has 0 aliphatic heterocycles. The van der Waals surface area contributed by atoms with Crippen LogP contribution in [0.25, 0.3) is 5.65 Å². The molecule has 1 N–H and O–H groups in total. The summed E-state index contributed by atoms with van der Waals surface area (Å²) in [5.41, 5.74) is 2.37. The first-order valence-corrected chi connectivity index (χ1v) is 9.98. The van der Waals surface area contributed by atoms with Crippen LogP contribution in [0.5, 0.6) is 0 Å². The maximum absolute atomic E-state index is 12.9. The number of imidazole rings is 1. The van der Waals surface area contributed by atoms with Gasteiger partial charge >= 0.3 is 5.97 Å². The average Bonchev–Trinajstić information content (AvgIpc) is 3.16. The fourth-order valence-corrected chi connectivity index (χ4v) is 3.44. The SMILES string of the molecule is CCOC(=O)c1cn2c(C(=O)NCC(CC(C)C)c3ccccc3)cccc2n1. The Bertz CT molecular complexity index is 979. The first-order valence-electron chi connectivity index (χ1n) is 9.98. The number of carbonyl (C=O) groups excluding carboxylic acids is 2. The number of benzene rings is 1. The van der Waals surface area contributed by atoms with Gasteiger partial charge in [-0.25, -0.2) is 9.78 Å². The summed E-state index contributed by atoms with van der Waals surface area (Å²) in [4.78, 5) is 29.1. The number of pyridine rings is 1. The lowest BCUT2D eigenvalue weighted by atomic mass is 9.90. The van der Waals surface area contributed by atoms with Crippen LogP contribution in [0, 0.1) is 5.92 Å². The Balaban J connectivity index is 1.79. The Morgan fingerprint density at radius 3 is 2.55 bits per heavy atom. The number of rotatable bonds is 8. The fourth-order valence-electron chi connectivity index (χ4n) is 3.44. The van der Waals surface area contributed by atoms with E-state index in [9.17, 15) is 9.59 Å². The van der Waals surface area contributed by atoms with E-state index < -0.39 is 5.97 Å². The molecule has 152 valence electrons. The summed E-state index contributed by atoms with van der Waals surface area (Å²) in [5.74, 6) is 0.0512. The molecule has 0 saturated carbocycles. The minimum absolute atomic E-state index is 0.189. The minimum Gasteiger partial charge on any atom is -0.461 e. The first-order chi connectivity index (χ1) is 14.0. The maximum atomic E-state index is 12.9. The summed E-state index contributed by atoms with van der Waals surface area (Å²) in [6, 6.07) is 15.5. The fraction of sp³-hybridized carbons (Fsp3) is 0.348. The second-order valence-corrected chi connectivity index (χ2v) is 7.43. The number of nitrogens with one attached hydrogen (secondary N) is 1. The Hall–Kier alpha value is -3.15. The molecule has 0 fully saturated rings. The number of amides is 1. The molecule has 1 amide bonds. The Morgan fingerprint density at radius 2 is 1.86 bits per heavy atom. The molecular formula is C23H27N3O3. The number of aromatic nitrogens is 2. The third-order valence-electron chi connectivity index (χ3n) is 4.75. The van der Waals surface area contributed by atoms with Crippen LogP contribution in [-0.2, 0) is 4.74 Å². The Labute approximate surface area is 170 Å². The predicted molar refractivity (Wildman–Crippen MR) is 112 cm³/mol. The monoisotopic (exact) mass is 393 g/mol. The zero-order valence-electron chi connectivity index (χ0n) is 17.1. The second kappa shape index (κ2) is 9.37. The summed E-state index contributed by atoms with van der Waals surface area (Å²) in [5, 5.41) is 3.05. The van der Waals surface area contributed by atoms with Crippen LogP contribution in [-0.4, -0.2) is 34.4 Å². The first kappa shape index (κ1) is 20.6. The Kier molecular flexibility index (Phi) is 6.65. The van der Waals surface area contributed by atoms with Crippen molar-refractivity contribution in [2.24, 2.45) is 5.92 Å². The van der Waals surface area contributed by atoms with Gasteiger partial charge in [0.25, 0.3) is 5.91 Å². The summed E-state index contributed by atoms with van der Waals surface area (Å²) in [6.07, 6.45) is 2.53. The molecule has 2 aromatic heterocycles. The van der Waals surface area contributed by atoms with Crippen molar-refractivity contribution in [1.29, 1.82) is 0 Å². The third-order valence-corrected chi connectivity index (χ3v) is 4.75. The van der Waals surface area contributed by atoms with Crippen LogP contribution in [0.4, 0.5) is 0 Å². The highest BCUT2D eigenvalue weighted by atomic mass is 16.5. The minimum atomic E-state index is -0.497. The van der Waals surface area contributed by atoms with Crippen molar-refractivity contribution in [2.45, 2.75) is 33.1 Å². The van der Waals surface area contributed by atoms with Crippen molar-refractivity contribution in [3.8, 4) is 0 Å². The summed E-state index contributed by atoms with van der Waals surface area (Å²) < 4.78 is 6.63. The largest absolute Gasteiger partial charge is 0.461 e. The highest BCUT2D eigenvalue weighted by Crippen LogP contribution is 2.23. The van der Waals surface area contributed by atoms with E-state index in [2.05, 4.69) is 36.3 Å². The van der Waals surface area contributed by atoms with Crippen molar-refractivity contribution < 1.29 is 14.3 Å². The van der Waals surface area contributed by atoms with Gasteiger partial charge in [0.05, 0.1) is 6.61 Å². The van der Waals surface area contributed by atoms with Gasteiger partial charge in [-0.05, 0) is 37.0 Å². The molecule has 6 heteroatoms. The Morgan fingerprint density at radius 1 is 1.10 bits per heavy atom. The van der Waals surface area contributed by atoms with Crippen LogP contribution in [0.15, 0.2) is 54.7 Å². The lowest BCUT2D eigenvalue weighted by molar-refractivity contribution is 0.0520. The van der Waals surface area contributed by atoms with Crippen molar-refractivity contribution >= 4 is 17.5 Å². The number of esters is 1. The van der Waals surface area contributed by atoms with Crippen LogP contribution in [0.2, 0.25) is 0 Å². The van der Waals surface area contributed by atoms with E-state index in [1.807, 2.05) is 18.2 Å². The van der Waals surface area contributed by atoms with E-state index in [0.717, 1.165) is 6.42 Å². The van der Waals surface area contributed by atoms with Crippen LogP contribution in [0.1, 0.15) is 59.7 Å². The summed E-state index contributed by atoms with van der Waals surface area (Å²) in [6.45, 7) is 6.92. The van der Waals surface area contributed by atoms with Crippen LogP contribution in [0.3, 0.4) is 0 Å². The average molecular weight is 393 g/mol. The van der Waals surface area contributed by atoms with Crippen LogP contribution < -0.4 is 5.32 Å². The molecule has 1 aromatic carbocycles. The molecule has 0 spiro atoms. The molecule has 0 radical (unpaired) electrons. The summed E-state index contributed by atoms with van der Waals surface area (Å²) in [7, 11) is 0. The molecule has 0 bridgehead atoms. The van der Waals surface area contributed by atoms with Gasteiger partial charge in [-0.15, -0.1) is 0 Å². The molecule has 3 rings (SSSR count). The van der Waals surface area contributed by atoms with Crippen molar-refractivity contribution in [3.05, 3.63) is 71.7 Å². The topological polar surface area (TPSA) is 72.7 Å². The lowest BCUT2D eigenvalue weighted by Crippen LogP contribution is -2.30. The summed E-state index contributed by atoms with van der Waals surface area (Å²) >= 11 is 0. The zero-order chi connectivity index (χ0) is 20.8. The molecule has 1 unspecified atom stereocenters. The second-order valence-electron chi connectivity index (χ2n) is 7.43.